The molecule has 0 aliphatic heterocycles. The highest BCUT2D eigenvalue weighted by atomic mass is 32.2. The molecule has 0 aromatic heterocycles. The van der Waals surface area contributed by atoms with Crippen molar-refractivity contribution in [3.05, 3.63) is 42.0 Å². The van der Waals surface area contributed by atoms with Crippen LogP contribution >= 0.6 is 0 Å². The van der Waals surface area contributed by atoms with E-state index in [1.807, 2.05) is 6.07 Å². The van der Waals surface area contributed by atoms with Gasteiger partial charge in [0.15, 0.2) is 15.6 Å². The molecular formula is C16H18O3S. The fraction of sp³-hybridized carbons (Fsp3) is 0.438. The number of allylic oxidation sites excluding steroid dienone is 1. The van der Waals surface area contributed by atoms with Gasteiger partial charge in [-0.15, -0.1) is 0 Å². The first-order valence-electron chi connectivity index (χ1n) is 7.12. The largest absolute Gasteiger partial charge is 0.295 e. The minimum Gasteiger partial charge on any atom is -0.295 e. The van der Waals surface area contributed by atoms with Crippen LogP contribution in [0.3, 0.4) is 0 Å². The van der Waals surface area contributed by atoms with E-state index in [-0.39, 0.29) is 11.7 Å². The van der Waals surface area contributed by atoms with E-state index in [1.54, 1.807) is 30.3 Å². The maximum absolute atomic E-state index is 12.8. The summed E-state index contributed by atoms with van der Waals surface area (Å²) in [6, 6.07) is 8.59. The first-order chi connectivity index (χ1) is 9.59. The van der Waals surface area contributed by atoms with Crippen LogP contribution in [0.4, 0.5) is 0 Å². The summed E-state index contributed by atoms with van der Waals surface area (Å²) < 4.78 is 25.7. The van der Waals surface area contributed by atoms with Crippen LogP contribution < -0.4 is 0 Å². The Labute approximate surface area is 119 Å². The standard InChI is InChI=1S/C16H18O3S/c17-13-10-12-6-4-5-9-16(15(12)11-13)20(18,19)14-7-2-1-3-8-14/h1-3,7-8,11-12,16H,4-6,9-10H2/t12-,16?/m0/s1. The van der Waals surface area contributed by atoms with Gasteiger partial charge in [-0.1, -0.05) is 31.0 Å². The highest BCUT2D eigenvalue weighted by molar-refractivity contribution is 7.92. The zero-order valence-corrected chi connectivity index (χ0v) is 12.1. The van der Waals surface area contributed by atoms with E-state index in [0.29, 0.717) is 17.7 Å². The number of hydrogen-bond acceptors (Lipinski definition) is 3. The topological polar surface area (TPSA) is 51.2 Å². The monoisotopic (exact) mass is 290 g/mol. The van der Waals surface area contributed by atoms with Gasteiger partial charge in [-0.05, 0) is 42.5 Å². The van der Waals surface area contributed by atoms with Gasteiger partial charge in [0.25, 0.3) is 0 Å². The molecule has 2 atom stereocenters. The summed E-state index contributed by atoms with van der Waals surface area (Å²) in [5.41, 5.74) is 0.858. The molecule has 0 amide bonds. The Hall–Kier alpha value is -1.42. The fourth-order valence-corrected chi connectivity index (χ4v) is 5.30. The molecule has 106 valence electrons. The van der Waals surface area contributed by atoms with Crippen LogP contribution in [0.25, 0.3) is 0 Å². The normalized spacial score (nSPS) is 26.8. The zero-order valence-electron chi connectivity index (χ0n) is 11.3. The first kappa shape index (κ1) is 13.6. The van der Waals surface area contributed by atoms with Crippen molar-refractivity contribution in [2.45, 2.75) is 42.2 Å². The SMILES string of the molecule is O=C1C=C2C(S(=O)(=O)c3ccccc3)CCCC[C@H]2C1. The third-order valence-corrected chi connectivity index (χ3v) is 6.52. The van der Waals surface area contributed by atoms with Crippen molar-refractivity contribution in [2.24, 2.45) is 5.92 Å². The number of hydrogen-bond donors (Lipinski definition) is 0. The van der Waals surface area contributed by atoms with E-state index in [1.165, 1.54) is 0 Å². The van der Waals surface area contributed by atoms with Crippen LogP contribution in [-0.4, -0.2) is 19.5 Å². The zero-order chi connectivity index (χ0) is 14.2. The van der Waals surface area contributed by atoms with Crippen molar-refractivity contribution in [3.8, 4) is 0 Å². The lowest BCUT2D eigenvalue weighted by Crippen LogP contribution is -2.25. The van der Waals surface area contributed by atoms with E-state index in [9.17, 15) is 13.2 Å². The molecule has 2 aliphatic carbocycles. The van der Waals surface area contributed by atoms with E-state index < -0.39 is 15.1 Å². The fourth-order valence-electron chi connectivity index (χ4n) is 3.34. The second-order valence-corrected chi connectivity index (χ2v) is 7.77. The van der Waals surface area contributed by atoms with E-state index in [0.717, 1.165) is 24.8 Å². The van der Waals surface area contributed by atoms with Gasteiger partial charge < -0.3 is 0 Å². The molecular weight excluding hydrogens is 272 g/mol. The Morgan fingerprint density at radius 3 is 2.45 bits per heavy atom. The number of ketones is 1. The molecule has 4 heteroatoms. The molecule has 3 rings (SSSR count). The molecule has 1 aromatic rings. The lowest BCUT2D eigenvalue weighted by atomic mass is 9.96. The molecule has 1 unspecified atom stereocenters. The molecule has 1 aromatic carbocycles. The second-order valence-electron chi connectivity index (χ2n) is 5.64. The predicted molar refractivity (Wildman–Crippen MR) is 77.1 cm³/mol. The van der Waals surface area contributed by atoms with Gasteiger partial charge >= 0.3 is 0 Å². The van der Waals surface area contributed by atoms with Gasteiger partial charge in [-0.25, -0.2) is 8.42 Å². The van der Waals surface area contributed by atoms with Crippen molar-refractivity contribution in [1.82, 2.24) is 0 Å². The summed E-state index contributed by atoms with van der Waals surface area (Å²) >= 11 is 0. The van der Waals surface area contributed by atoms with E-state index in [2.05, 4.69) is 0 Å². The van der Waals surface area contributed by atoms with Crippen LogP contribution in [0.5, 0.6) is 0 Å². The summed E-state index contributed by atoms with van der Waals surface area (Å²) in [5.74, 6) is 0.230. The predicted octanol–water partition coefficient (Wildman–Crippen LogP) is 2.92. The van der Waals surface area contributed by atoms with Gasteiger partial charge in [0.2, 0.25) is 0 Å². The van der Waals surface area contributed by atoms with E-state index >= 15 is 0 Å². The smallest absolute Gasteiger partial charge is 0.185 e. The Kier molecular flexibility index (Phi) is 3.50. The van der Waals surface area contributed by atoms with E-state index in [4.69, 9.17) is 0 Å². The van der Waals surface area contributed by atoms with Gasteiger partial charge in [-0.2, -0.15) is 0 Å². The lowest BCUT2D eigenvalue weighted by Gasteiger charge is -2.20. The van der Waals surface area contributed by atoms with Crippen LogP contribution in [0.1, 0.15) is 32.1 Å². The molecule has 0 heterocycles. The molecule has 0 radical (unpaired) electrons. The quantitative estimate of drug-likeness (QED) is 0.841. The molecule has 0 spiro atoms. The van der Waals surface area contributed by atoms with Crippen LogP contribution in [0.15, 0.2) is 46.9 Å². The Balaban J connectivity index is 2.03. The van der Waals surface area contributed by atoms with Crippen LogP contribution in [0.2, 0.25) is 0 Å². The highest BCUT2D eigenvalue weighted by Crippen LogP contribution is 2.40. The van der Waals surface area contributed by atoms with Gasteiger partial charge in [0.05, 0.1) is 10.1 Å². The Morgan fingerprint density at radius 1 is 1.00 bits per heavy atom. The molecule has 0 saturated heterocycles. The number of benzene rings is 1. The highest BCUT2D eigenvalue weighted by Gasteiger charge is 2.39. The van der Waals surface area contributed by atoms with Crippen molar-refractivity contribution < 1.29 is 13.2 Å². The number of sulfone groups is 1. The minimum absolute atomic E-state index is 0.0835. The average molecular weight is 290 g/mol. The summed E-state index contributed by atoms with van der Waals surface area (Å²) in [6.45, 7) is 0. The maximum Gasteiger partial charge on any atom is 0.185 e. The Morgan fingerprint density at radius 2 is 1.70 bits per heavy atom. The first-order valence-corrected chi connectivity index (χ1v) is 8.67. The van der Waals surface area contributed by atoms with Gasteiger partial charge in [-0.3, -0.25) is 4.79 Å². The third-order valence-electron chi connectivity index (χ3n) is 4.33. The number of carbonyl (C=O) groups is 1. The molecule has 20 heavy (non-hydrogen) atoms. The van der Waals surface area contributed by atoms with Crippen LogP contribution in [0, 0.1) is 5.92 Å². The number of rotatable bonds is 2. The summed E-state index contributed by atoms with van der Waals surface area (Å²) in [7, 11) is -3.38. The average Bonchev–Trinajstić information content (AvgIpc) is 2.68. The molecule has 2 aliphatic rings. The molecule has 0 N–H and O–H groups in total. The van der Waals surface area contributed by atoms with Crippen molar-refractivity contribution in [1.29, 1.82) is 0 Å². The summed E-state index contributed by atoms with van der Waals surface area (Å²) in [4.78, 5) is 12.0. The number of carbonyl (C=O) groups excluding carboxylic acids is 1. The molecule has 3 nitrogen and oxygen atoms in total. The van der Waals surface area contributed by atoms with Gasteiger partial charge in [0.1, 0.15) is 0 Å². The Bertz CT molecular complexity index is 644. The number of fused-ring (bicyclic) bond motifs is 1. The lowest BCUT2D eigenvalue weighted by molar-refractivity contribution is -0.114. The van der Waals surface area contributed by atoms with Crippen LogP contribution in [-0.2, 0) is 14.6 Å². The van der Waals surface area contributed by atoms with Crippen molar-refractivity contribution >= 4 is 15.6 Å². The van der Waals surface area contributed by atoms with Gasteiger partial charge in [0, 0.05) is 6.42 Å². The molecule has 1 fully saturated rings. The molecule has 0 bridgehead atoms. The van der Waals surface area contributed by atoms with Crippen molar-refractivity contribution in [2.75, 3.05) is 0 Å². The second kappa shape index (κ2) is 5.17. The van der Waals surface area contributed by atoms with Crippen molar-refractivity contribution in [3.63, 3.8) is 0 Å². The summed E-state index contributed by atoms with van der Waals surface area (Å²) in [5, 5.41) is -0.510. The maximum atomic E-state index is 12.8. The minimum atomic E-state index is -3.38. The third kappa shape index (κ3) is 2.33. The summed E-state index contributed by atoms with van der Waals surface area (Å²) in [6.07, 6.45) is 5.59. The molecule has 1 saturated carbocycles.